The molecule has 2 fully saturated rings. The zero-order valence-corrected chi connectivity index (χ0v) is 47.5. The fourth-order valence-electron chi connectivity index (χ4n) is 12.2. The van der Waals surface area contributed by atoms with Gasteiger partial charge >= 0.3 is 0 Å². The van der Waals surface area contributed by atoms with E-state index in [4.69, 9.17) is 43.6 Å². The number of aromatic amines is 2. The third-order valence-electron chi connectivity index (χ3n) is 16.0. The summed E-state index contributed by atoms with van der Waals surface area (Å²) in [5.41, 5.74) is 15.5. The topological polar surface area (TPSA) is 196 Å². The van der Waals surface area contributed by atoms with Gasteiger partial charge in [0.15, 0.2) is 0 Å². The summed E-state index contributed by atoms with van der Waals surface area (Å²) in [5, 5.41) is 27.6. The summed E-state index contributed by atoms with van der Waals surface area (Å²) in [6, 6.07) is 34.6. The number of likely N-dealkylation sites (N-methyl/N-ethyl adjacent to an activating group) is 1. The van der Waals surface area contributed by atoms with E-state index in [0.717, 1.165) is 194 Å². The van der Waals surface area contributed by atoms with Crippen molar-refractivity contribution in [1.29, 1.82) is 0 Å². The smallest absolute Gasteiger partial charge is 0.142 e. The molecule has 17 heteroatoms. The highest BCUT2D eigenvalue weighted by molar-refractivity contribution is 6.18. The van der Waals surface area contributed by atoms with Crippen molar-refractivity contribution in [1.82, 2.24) is 50.4 Å². The number of aryl methyl sites for hydroxylation is 6. The first-order valence-electron chi connectivity index (χ1n) is 27.5. The lowest BCUT2D eigenvalue weighted by Crippen LogP contribution is -2.44. The number of methoxy groups -OCH3 is 2. The Kier molecular flexibility index (Phi) is 14.1. The van der Waals surface area contributed by atoms with E-state index in [-0.39, 0.29) is 0 Å². The second kappa shape index (κ2) is 21.6. The van der Waals surface area contributed by atoms with Gasteiger partial charge in [0.1, 0.15) is 46.0 Å². The standard InChI is InChI=1S/C32H32N6O2.C31H30N6O2.CH4O/c1-18-29(19(2)40-36-18)25-16-26-24(17-28(25)39-5)30-31(33-20(3)34-32(30)35-26)23-10-11-27(22-9-7-6-8-21(22)23)38-14-12-37(4)13-15-38;1-17-28(18(2)39-36-17)24-15-25-23(16-27(24)38-4)29-30(33-19(3)34-31(29)35-25)22-9-10-26(37-13-11-32-12-14-37)21-8-6-5-7-20(21)22;1-2/h6-11,16-17H,12-15H2,1-5H3,(H,33,34,35);5-10,15-16,32H,11-14H2,1-4H3,(H,33,34,35);2H,1H3. The number of H-pyrrole nitrogens is 2. The van der Waals surface area contributed by atoms with Crippen LogP contribution in [0.2, 0.25) is 0 Å². The number of anilines is 2. The van der Waals surface area contributed by atoms with Crippen molar-refractivity contribution >= 4 is 76.8 Å². The third kappa shape index (κ3) is 9.30. The molecule has 17 nitrogen and oxygen atoms in total. The average molecular weight is 1080 g/mol. The molecule has 0 aliphatic carbocycles. The van der Waals surface area contributed by atoms with Crippen molar-refractivity contribution in [3.8, 4) is 56.3 Å². The summed E-state index contributed by atoms with van der Waals surface area (Å²) in [6.07, 6.45) is 0. The minimum atomic E-state index is 0.720. The first-order chi connectivity index (χ1) is 39.5. The molecule has 0 amide bonds. The quantitative estimate of drug-likeness (QED) is 0.112. The van der Waals surface area contributed by atoms with Gasteiger partial charge in [-0.05, 0) is 95.8 Å². The largest absolute Gasteiger partial charge is 0.496 e. The molecule has 0 unspecified atom stereocenters. The molecule has 0 spiro atoms. The molecular weight excluding hydrogens is 1020 g/mol. The van der Waals surface area contributed by atoms with Crippen molar-refractivity contribution in [2.45, 2.75) is 41.5 Å². The van der Waals surface area contributed by atoms with Crippen LogP contribution in [0.4, 0.5) is 11.4 Å². The molecule has 2 saturated heterocycles. The van der Waals surface area contributed by atoms with Crippen LogP contribution in [-0.4, -0.2) is 131 Å². The van der Waals surface area contributed by atoms with Gasteiger partial charge in [0.25, 0.3) is 0 Å². The lowest BCUT2D eigenvalue weighted by molar-refractivity contribution is 0.313. The SMILES string of the molecule is CO.COc1cc2c(cc1-c1c(C)noc1C)[nH]c1nc(C)nc(-c3ccc(N4CCN(C)CC4)c4ccccc34)c12.COc1cc2c(cc1-c1c(C)noc1C)[nH]c1nc(C)nc(-c3ccc(N4CCNCC4)c4ccccc34)c12. The van der Waals surface area contributed by atoms with E-state index in [0.29, 0.717) is 0 Å². The number of benzene rings is 6. The molecule has 12 aromatic rings. The maximum absolute atomic E-state index is 7.00. The Balaban J connectivity index is 0.000000156. The van der Waals surface area contributed by atoms with Gasteiger partial charge in [-0.3, -0.25) is 0 Å². The van der Waals surface area contributed by atoms with Crippen LogP contribution in [0.3, 0.4) is 0 Å². The number of piperazine rings is 2. The van der Waals surface area contributed by atoms with Crippen LogP contribution in [-0.2, 0) is 0 Å². The van der Waals surface area contributed by atoms with Crippen LogP contribution in [0, 0.1) is 41.5 Å². The first-order valence-corrected chi connectivity index (χ1v) is 27.5. The number of fused-ring (bicyclic) bond motifs is 8. The normalized spacial score (nSPS) is 14.1. The Morgan fingerprint density at radius 1 is 0.481 bits per heavy atom. The van der Waals surface area contributed by atoms with Crippen LogP contribution < -0.4 is 24.6 Å². The predicted molar refractivity (Wildman–Crippen MR) is 324 cm³/mol. The summed E-state index contributed by atoms with van der Waals surface area (Å²) in [7, 11) is 6.58. The number of aromatic nitrogens is 8. The van der Waals surface area contributed by atoms with Crippen molar-refractivity contribution in [3.05, 3.63) is 132 Å². The van der Waals surface area contributed by atoms with Gasteiger partial charge in [-0.1, -0.05) is 71.0 Å². The highest BCUT2D eigenvalue weighted by Crippen LogP contribution is 2.46. The lowest BCUT2D eigenvalue weighted by atomic mass is 9.96. The van der Waals surface area contributed by atoms with Crippen molar-refractivity contribution in [2.75, 3.05) is 90.5 Å². The number of nitrogens with one attached hydrogen (secondary N) is 3. The van der Waals surface area contributed by atoms with Gasteiger partial charge in [-0.2, -0.15) is 0 Å². The summed E-state index contributed by atoms with van der Waals surface area (Å²) in [4.78, 5) is 34.1. The second-order valence-corrected chi connectivity index (χ2v) is 20.9. The molecule has 0 bridgehead atoms. The van der Waals surface area contributed by atoms with Crippen LogP contribution in [0.5, 0.6) is 11.5 Å². The van der Waals surface area contributed by atoms with Crippen LogP contribution >= 0.6 is 0 Å². The van der Waals surface area contributed by atoms with Gasteiger partial charge in [0.2, 0.25) is 0 Å². The Morgan fingerprint density at radius 3 is 1.31 bits per heavy atom. The van der Waals surface area contributed by atoms with E-state index >= 15 is 0 Å². The Morgan fingerprint density at radius 2 is 0.901 bits per heavy atom. The van der Waals surface area contributed by atoms with Gasteiger partial charge in [0, 0.05) is 126 Å². The molecule has 2 aliphatic heterocycles. The number of ether oxygens (including phenoxy) is 2. The van der Waals surface area contributed by atoms with Gasteiger partial charge in [-0.25, -0.2) is 19.9 Å². The second-order valence-electron chi connectivity index (χ2n) is 20.9. The van der Waals surface area contributed by atoms with Crippen LogP contribution in [0.25, 0.3) is 110 Å². The number of nitrogens with zero attached hydrogens (tertiary/aromatic N) is 9. The van der Waals surface area contributed by atoms with E-state index in [9.17, 15) is 0 Å². The van der Waals surface area contributed by atoms with E-state index in [1.807, 2.05) is 41.5 Å². The average Bonchev–Trinajstić information content (AvgIpc) is 4.46. The maximum atomic E-state index is 7.00. The van der Waals surface area contributed by atoms with Crippen LogP contribution in [0.15, 0.2) is 106 Å². The van der Waals surface area contributed by atoms with Crippen molar-refractivity contribution < 1.29 is 23.6 Å². The van der Waals surface area contributed by atoms with Gasteiger partial charge in [0.05, 0.1) is 58.9 Å². The molecule has 6 aromatic heterocycles. The molecule has 2 aliphatic rings. The summed E-state index contributed by atoms with van der Waals surface area (Å²) in [5.74, 6) is 4.47. The highest BCUT2D eigenvalue weighted by atomic mass is 16.5. The number of aliphatic hydroxyl groups is 1. The van der Waals surface area contributed by atoms with Crippen LogP contribution in [0.1, 0.15) is 34.6 Å². The Bertz CT molecular complexity index is 4310. The number of hydrogen-bond acceptors (Lipinski definition) is 15. The third-order valence-corrected chi connectivity index (χ3v) is 16.0. The predicted octanol–water partition coefficient (Wildman–Crippen LogP) is 11.8. The van der Waals surface area contributed by atoms with Gasteiger partial charge in [-0.15, -0.1) is 0 Å². The fourth-order valence-corrected chi connectivity index (χ4v) is 12.2. The summed E-state index contributed by atoms with van der Waals surface area (Å²) in [6.45, 7) is 19.8. The summed E-state index contributed by atoms with van der Waals surface area (Å²) < 4.78 is 22.7. The minimum Gasteiger partial charge on any atom is -0.496 e. The molecule has 412 valence electrons. The van der Waals surface area contributed by atoms with E-state index < -0.39 is 0 Å². The Labute approximate surface area is 468 Å². The molecule has 0 radical (unpaired) electrons. The maximum Gasteiger partial charge on any atom is 0.142 e. The number of aliphatic hydroxyl groups excluding tert-OH is 1. The molecule has 0 atom stereocenters. The molecule has 14 rings (SSSR count). The zero-order valence-electron chi connectivity index (χ0n) is 47.5. The summed E-state index contributed by atoms with van der Waals surface area (Å²) >= 11 is 0. The van der Waals surface area contributed by atoms with E-state index in [1.165, 1.54) is 32.9 Å². The molecule has 6 aromatic carbocycles. The highest BCUT2D eigenvalue weighted by Gasteiger charge is 2.26. The zero-order chi connectivity index (χ0) is 56.2. The monoisotopic (exact) mass is 1080 g/mol. The molecule has 0 saturated carbocycles. The molecule has 4 N–H and O–H groups in total. The van der Waals surface area contributed by atoms with Crippen molar-refractivity contribution in [3.63, 3.8) is 0 Å². The number of hydrogen-bond donors (Lipinski definition) is 4. The van der Waals surface area contributed by atoms with Gasteiger partial charge < -0.3 is 53.6 Å². The molecule has 8 heterocycles. The lowest BCUT2D eigenvalue weighted by Gasteiger charge is -2.35. The van der Waals surface area contributed by atoms with Crippen molar-refractivity contribution in [2.24, 2.45) is 0 Å². The first kappa shape index (κ1) is 52.8. The fraction of sp³-hybridized carbons (Fsp3) is 0.281. The van der Waals surface area contributed by atoms with E-state index in [1.54, 1.807) is 14.2 Å². The Hall–Kier alpha value is -8.90. The molecule has 81 heavy (non-hydrogen) atoms. The molecular formula is C64H66N12O5. The van der Waals surface area contributed by atoms with E-state index in [2.05, 4.69) is 144 Å². The number of rotatable bonds is 8. The minimum absolute atomic E-state index is 0.720.